The Balaban J connectivity index is 1.85. The molecule has 0 amide bonds. The van der Waals surface area contributed by atoms with Crippen LogP contribution >= 0.6 is 0 Å². The van der Waals surface area contributed by atoms with Crippen LogP contribution in [0.15, 0.2) is 18.2 Å². The number of ether oxygens (including phenoxy) is 1. The third kappa shape index (κ3) is 3.99. The van der Waals surface area contributed by atoms with E-state index in [4.69, 9.17) is 9.84 Å². The zero-order chi connectivity index (χ0) is 14.5. The SMILES string of the molecule is Cc1ccc(C(O)CCN2CCOC(CO)C2)cc1F. The number of nitrogens with zero attached hydrogens (tertiary/aromatic N) is 1. The molecule has 1 aliphatic heterocycles. The van der Waals surface area contributed by atoms with Gasteiger partial charge in [-0.15, -0.1) is 0 Å². The molecule has 0 spiro atoms. The lowest BCUT2D eigenvalue weighted by Gasteiger charge is -2.32. The van der Waals surface area contributed by atoms with Gasteiger partial charge in [0.25, 0.3) is 0 Å². The van der Waals surface area contributed by atoms with E-state index in [0.717, 1.165) is 6.54 Å². The Labute approximate surface area is 118 Å². The van der Waals surface area contributed by atoms with Gasteiger partial charge in [0.1, 0.15) is 5.82 Å². The maximum atomic E-state index is 13.5. The Morgan fingerprint density at radius 1 is 1.50 bits per heavy atom. The van der Waals surface area contributed by atoms with E-state index >= 15 is 0 Å². The van der Waals surface area contributed by atoms with Crippen molar-refractivity contribution in [3.8, 4) is 0 Å². The molecule has 2 N–H and O–H groups in total. The van der Waals surface area contributed by atoms with Gasteiger partial charge in [0.2, 0.25) is 0 Å². The van der Waals surface area contributed by atoms with Crippen LogP contribution < -0.4 is 0 Å². The highest BCUT2D eigenvalue weighted by Crippen LogP contribution is 2.20. The van der Waals surface area contributed by atoms with Crippen molar-refractivity contribution in [1.29, 1.82) is 0 Å². The number of aryl methyl sites for hydroxylation is 1. The van der Waals surface area contributed by atoms with E-state index in [1.165, 1.54) is 6.07 Å². The van der Waals surface area contributed by atoms with E-state index in [1.54, 1.807) is 19.1 Å². The normalized spacial score (nSPS) is 21.9. The van der Waals surface area contributed by atoms with Crippen LogP contribution in [0, 0.1) is 12.7 Å². The number of aliphatic hydroxyl groups excluding tert-OH is 2. The fourth-order valence-electron chi connectivity index (χ4n) is 2.38. The minimum atomic E-state index is -0.666. The largest absolute Gasteiger partial charge is 0.394 e. The number of halogens is 1. The van der Waals surface area contributed by atoms with Crippen molar-refractivity contribution in [2.75, 3.05) is 32.8 Å². The molecule has 1 aliphatic rings. The highest BCUT2D eigenvalue weighted by molar-refractivity contribution is 5.24. The smallest absolute Gasteiger partial charge is 0.126 e. The molecule has 112 valence electrons. The molecule has 0 radical (unpaired) electrons. The molecule has 0 aromatic heterocycles. The Morgan fingerprint density at radius 3 is 3.00 bits per heavy atom. The molecule has 2 unspecified atom stereocenters. The van der Waals surface area contributed by atoms with Crippen LogP contribution in [0.1, 0.15) is 23.7 Å². The number of hydrogen-bond acceptors (Lipinski definition) is 4. The van der Waals surface area contributed by atoms with Gasteiger partial charge >= 0.3 is 0 Å². The van der Waals surface area contributed by atoms with Crippen LogP contribution in [0.25, 0.3) is 0 Å². The second-order valence-electron chi connectivity index (χ2n) is 5.29. The fraction of sp³-hybridized carbons (Fsp3) is 0.600. The van der Waals surface area contributed by atoms with Crippen molar-refractivity contribution in [1.82, 2.24) is 4.90 Å². The lowest BCUT2D eigenvalue weighted by atomic mass is 10.0. The summed E-state index contributed by atoms with van der Waals surface area (Å²) in [5.41, 5.74) is 1.19. The number of benzene rings is 1. The molecule has 0 aliphatic carbocycles. The summed E-state index contributed by atoms with van der Waals surface area (Å²) in [6.45, 7) is 4.49. The average Bonchev–Trinajstić information content (AvgIpc) is 2.47. The van der Waals surface area contributed by atoms with Gasteiger partial charge < -0.3 is 14.9 Å². The standard InChI is InChI=1S/C15H22FNO3/c1-11-2-3-12(8-14(11)16)15(19)4-5-17-6-7-20-13(9-17)10-18/h2-3,8,13,15,18-19H,4-7,9-10H2,1H3. The molecule has 1 saturated heterocycles. The summed E-state index contributed by atoms with van der Waals surface area (Å²) in [5.74, 6) is -0.284. The first-order valence-electron chi connectivity index (χ1n) is 6.99. The maximum Gasteiger partial charge on any atom is 0.126 e. The summed E-state index contributed by atoms with van der Waals surface area (Å²) >= 11 is 0. The molecule has 2 rings (SSSR count). The van der Waals surface area contributed by atoms with E-state index in [-0.39, 0.29) is 18.5 Å². The molecule has 1 aromatic carbocycles. The second-order valence-corrected chi connectivity index (χ2v) is 5.29. The first-order valence-corrected chi connectivity index (χ1v) is 6.99. The van der Waals surface area contributed by atoms with Gasteiger partial charge in [-0.25, -0.2) is 4.39 Å². The summed E-state index contributed by atoms with van der Waals surface area (Å²) in [7, 11) is 0. The van der Waals surface area contributed by atoms with Crippen molar-refractivity contribution >= 4 is 0 Å². The van der Waals surface area contributed by atoms with Crippen molar-refractivity contribution in [2.24, 2.45) is 0 Å². The number of aliphatic hydroxyl groups is 2. The quantitative estimate of drug-likeness (QED) is 0.854. The van der Waals surface area contributed by atoms with Gasteiger partial charge in [-0.3, -0.25) is 4.90 Å². The third-order valence-electron chi connectivity index (χ3n) is 3.73. The molecule has 1 fully saturated rings. The summed E-state index contributed by atoms with van der Waals surface area (Å²) in [6, 6.07) is 4.85. The highest BCUT2D eigenvalue weighted by atomic mass is 19.1. The topological polar surface area (TPSA) is 52.9 Å². The Kier molecular flexibility index (Phi) is 5.48. The molecular formula is C15H22FNO3. The molecule has 2 atom stereocenters. The first kappa shape index (κ1) is 15.4. The van der Waals surface area contributed by atoms with Gasteiger partial charge in [0.15, 0.2) is 0 Å². The molecule has 1 aromatic rings. The Morgan fingerprint density at radius 2 is 2.30 bits per heavy atom. The van der Waals surface area contributed by atoms with E-state index < -0.39 is 6.10 Å². The van der Waals surface area contributed by atoms with Crippen LogP contribution in [0.4, 0.5) is 4.39 Å². The second kappa shape index (κ2) is 7.13. The minimum absolute atomic E-state index is 0.0161. The van der Waals surface area contributed by atoms with Crippen LogP contribution in [0.2, 0.25) is 0 Å². The third-order valence-corrected chi connectivity index (χ3v) is 3.73. The van der Waals surface area contributed by atoms with Gasteiger partial charge in [0.05, 0.1) is 25.4 Å². The molecule has 5 heteroatoms. The first-order chi connectivity index (χ1) is 9.60. The predicted molar refractivity (Wildman–Crippen MR) is 74.0 cm³/mol. The number of morpholine rings is 1. The maximum absolute atomic E-state index is 13.5. The lowest BCUT2D eigenvalue weighted by Crippen LogP contribution is -2.44. The van der Waals surface area contributed by atoms with E-state index in [9.17, 15) is 9.50 Å². The molecule has 0 bridgehead atoms. The Bertz CT molecular complexity index is 441. The number of hydrogen-bond donors (Lipinski definition) is 2. The van der Waals surface area contributed by atoms with Crippen LogP contribution in [-0.2, 0) is 4.74 Å². The minimum Gasteiger partial charge on any atom is -0.394 e. The van der Waals surface area contributed by atoms with Crippen molar-refractivity contribution in [3.63, 3.8) is 0 Å². The van der Waals surface area contributed by atoms with Crippen molar-refractivity contribution in [3.05, 3.63) is 35.1 Å². The summed E-state index contributed by atoms with van der Waals surface area (Å²) < 4.78 is 18.8. The zero-order valence-corrected chi connectivity index (χ0v) is 11.8. The van der Waals surface area contributed by atoms with Crippen molar-refractivity contribution < 1.29 is 19.3 Å². The van der Waals surface area contributed by atoms with Crippen LogP contribution in [-0.4, -0.2) is 54.1 Å². The summed E-state index contributed by atoms with van der Waals surface area (Å²) in [6.07, 6.45) is -0.265. The highest BCUT2D eigenvalue weighted by Gasteiger charge is 2.20. The van der Waals surface area contributed by atoms with Gasteiger partial charge in [-0.1, -0.05) is 12.1 Å². The average molecular weight is 283 g/mol. The van der Waals surface area contributed by atoms with Crippen molar-refractivity contribution in [2.45, 2.75) is 25.6 Å². The monoisotopic (exact) mass is 283 g/mol. The molecule has 4 nitrogen and oxygen atoms in total. The van der Waals surface area contributed by atoms with E-state index in [2.05, 4.69) is 4.90 Å². The summed E-state index contributed by atoms with van der Waals surface area (Å²) in [4.78, 5) is 2.15. The van der Waals surface area contributed by atoms with E-state index in [1.807, 2.05) is 0 Å². The van der Waals surface area contributed by atoms with Gasteiger partial charge in [-0.2, -0.15) is 0 Å². The molecule has 0 saturated carbocycles. The lowest BCUT2D eigenvalue weighted by molar-refractivity contribution is -0.0551. The van der Waals surface area contributed by atoms with Crippen LogP contribution in [0.3, 0.4) is 0 Å². The Hall–Kier alpha value is -1.01. The fourth-order valence-corrected chi connectivity index (χ4v) is 2.38. The molecule has 20 heavy (non-hydrogen) atoms. The van der Waals surface area contributed by atoms with Crippen LogP contribution in [0.5, 0.6) is 0 Å². The predicted octanol–water partition coefficient (Wildman–Crippen LogP) is 1.25. The molecular weight excluding hydrogens is 261 g/mol. The van der Waals surface area contributed by atoms with Gasteiger partial charge in [-0.05, 0) is 30.5 Å². The van der Waals surface area contributed by atoms with E-state index in [0.29, 0.717) is 37.2 Å². The van der Waals surface area contributed by atoms with Gasteiger partial charge in [0, 0.05) is 19.6 Å². The molecule has 1 heterocycles. The zero-order valence-electron chi connectivity index (χ0n) is 11.8. The summed E-state index contributed by atoms with van der Waals surface area (Å²) in [5, 5.41) is 19.2. The number of rotatable bonds is 5.